The van der Waals surface area contributed by atoms with Crippen LogP contribution in [0.25, 0.3) is 10.9 Å². The number of primary amides is 1. The number of H-pyrrole nitrogens is 1. The second-order valence-corrected chi connectivity index (χ2v) is 6.68. The lowest BCUT2D eigenvalue weighted by molar-refractivity contribution is -0.137. The molecule has 3 rings (SSSR count). The Morgan fingerprint density at radius 1 is 1.38 bits per heavy atom. The van der Waals surface area contributed by atoms with Crippen LogP contribution >= 0.6 is 0 Å². The molecule has 2 aromatic rings. The number of hydrogen-bond acceptors (Lipinski definition) is 3. The molecular formula is C18H24N4O2. The van der Waals surface area contributed by atoms with Crippen LogP contribution < -0.4 is 11.1 Å². The number of rotatable bonds is 4. The van der Waals surface area contributed by atoms with Crippen LogP contribution in [-0.2, 0) is 16.1 Å². The van der Waals surface area contributed by atoms with Crippen molar-refractivity contribution in [2.45, 2.75) is 26.8 Å². The molecule has 4 N–H and O–H groups in total. The molecule has 0 bridgehead atoms. The SMILES string of the molecule is Cc1[nH]c2c(CN3CCC(CNC(=O)C(N)=O)C3)cccc2c1C. The number of para-hydroxylation sites is 1. The van der Waals surface area contributed by atoms with E-state index in [0.29, 0.717) is 12.5 Å². The van der Waals surface area contributed by atoms with Gasteiger partial charge >= 0.3 is 11.8 Å². The van der Waals surface area contributed by atoms with Gasteiger partial charge in [0.05, 0.1) is 5.52 Å². The van der Waals surface area contributed by atoms with Crippen LogP contribution in [0.2, 0.25) is 0 Å². The fourth-order valence-corrected chi connectivity index (χ4v) is 3.46. The van der Waals surface area contributed by atoms with Crippen molar-refractivity contribution in [1.82, 2.24) is 15.2 Å². The fourth-order valence-electron chi connectivity index (χ4n) is 3.46. The minimum atomic E-state index is -0.922. The maximum Gasteiger partial charge on any atom is 0.309 e. The number of likely N-dealkylation sites (tertiary alicyclic amines) is 1. The molecular weight excluding hydrogens is 304 g/mol. The van der Waals surface area contributed by atoms with Gasteiger partial charge in [-0.2, -0.15) is 0 Å². The van der Waals surface area contributed by atoms with Crippen molar-refractivity contribution in [2.24, 2.45) is 11.7 Å². The van der Waals surface area contributed by atoms with E-state index in [1.54, 1.807) is 0 Å². The van der Waals surface area contributed by atoms with Crippen LogP contribution in [-0.4, -0.2) is 41.3 Å². The highest BCUT2D eigenvalue weighted by Gasteiger charge is 2.24. The van der Waals surface area contributed by atoms with Gasteiger partial charge in [-0.25, -0.2) is 0 Å². The second-order valence-electron chi connectivity index (χ2n) is 6.68. The quantitative estimate of drug-likeness (QED) is 0.737. The van der Waals surface area contributed by atoms with E-state index in [4.69, 9.17) is 5.73 Å². The van der Waals surface area contributed by atoms with Crippen LogP contribution in [0.3, 0.4) is 0 Å². The van der Waals surface area contributed by atoms with Crippen molar-refractivity contribution in [1.29, 1.82) is 0 Å². The minimum Gasteiger partial charge on any atom is -0.361 e. The van der Waals surface area contributed by atoms with Crippen molar-refractivity contribution >= 4 is 22.7 Å². The third-order valence-electron chi connectivity index (χ3n) is 4.97. The highest BCUT2D eigenvalue weighted by Crippen LogP contribution is 2.26. The number of nitrogens with two attached hydrogens (primary N) is 1. The molecule has 2 amide bonds. The standard InChI is InChI=1S/C18H24N4O2/c1-11-12(2)21-16-14(4-3-5-15(11)16)10-22-7-6-13(9-22)8-20-18(24)17(19)23/h3-5,13,21H,6-10H2,1-2H3,(H2,19,23)(H,20,24). The summed E-state index contributed by atoms with van der Waals surface area (Å²) in [5.74, 6) is -1.26. The molecule has 128 valence electrons. The van der Waals surface area contributed by atoms with E-state index < -0.39 is 11.8 Å². The Hall–Kier alpha value is -2.34. The van der Waals surface area contributed by atoms with Gasteiger partial charge in [0.25, 0.3) is 0 Å². The van der Waals surface area contributed by atoms with Crippen LogP contribution in [0.4, 0.5) is 0 Å². The van der Waals surface area contributed by atoms with Gasteiger partial charge in [0.2, 0.25) is 0 Å². The molecule has 0 spiro atoms. The van der Waals surface area contributed by atoms with Gasteiger partial charge in [0.1, 0.15) is 0 Å². The van der Waals surface area contributed by atoms with E-state index in [9.17, 15) is 9.59 Å². The highest BCUT2D eigenvalue weighted by atomic mass is 16.2. The largest absolute Gasteiger partial charge is 0.361 e. The number of nitrogens with zero attached hydrogens (tertiary/aromatic N) is 1. The summed E-state index contributed by atoms with van der Waals surface area (Å²) < 4.78 is 0. The molecule has 0 saturated carbocycles. The normalized spacial score (nSPS) is 18.2. The Bertz CT molecular complexity index is 781. The molecule has 6 heteroatoms. The summed E-state index contributed by atoms with van der Waals surface area (Å²) in [4.78, 5) is 27.9. The van der Waals surface area contributed by atoms with Crippen molar-refractivity contribution in [2.75, 3.05) is 19.6 Å². The van der Waals surface area contributed by atoms with Gasteiger partial charge in [0.15, 0.2) is 0 Å². The van der Waals surface area contributed by atoms with Gasteiger partial charge < -0.3 is 16.0 Å². The van der Waals surface area contributed by atoms with Crippen LogP contribution in [0.1, 0.15) is 23.2 Å². The zero-order valence-electron chi connectivity index (χ0n) is 14.2. The van der Waals surface area contributed by atoms with Crippen LogP contribution in [0, 0.1) is 19.8 Å². The minimum absolute atomic E-state index is 0.361. The third kappa shape index (κ3) is 3.28. The molecule has 2 heterocycles. The molecule has 0 aliphatic carbocycles. The molecule has 0 radical (unpaired) electrons. The van der Waals surface area contributed by atoms with Crippen LogP contribution in [0.5, 0.6) is 0 Å². The molecule has 1 atom stereocenters. The number of aromatic nitrogens is 1. The number of aryl methyl sites for hydroxylation is 2. The number of amides is 2. The number of fused-ring (bicyclic) bond motifs is 1. The number of carbonyl (C=O) groups is 2. The topological polar surface area (TPSA) is 91.2 Å². The lowest BCUT2D eigenvalue weighted by Gasteiger charge is -2.17. The number of carbonyl (C=O) groups excluding carboxylic acids is 2. The van der Waals surface area contributed by atoms with E-state index >= 15 is 0 Å². The number of aromatic amines is 1. The first-order valence-corrected chi connectivity index (χ1v) is 8.32. The van der Waals surface area contributed by atoms with E-state index in [1.807, 2.05) is 0 Å². The Kier molecular flexibility index (Phi) is 4.57. The van der Waals surface area contributed by atoms with Crippen molar-refractivity contribution < 1.29 is 9.59 Å². The maximum atomic E-state index is 11.2. The van der Waals surface area contributed by atoms with Gasteiger partial charge in [-0.05, 0) is 43.9 Å². The summed E-state index contributed by atoms with van der Waals surface area (Å²) in [6.07, 6.45) is 1.01. The van der Waals surface area contributed by atoms with E-state index in [1.165, 1.54) is 27.7 Å². The van der Waals surface area contributed by atoms with Gasteiger partial charge in [0, 0.05) is 30.7 Å². The van der Waals surface area contributed by atoms with Crippen molar-refractivity contribution in [3.63, 3.8) is 0 Å². The van der Waals surface area contributed by atoms with Gasteiger partial charge in [-0.3, -0.25) is 14.5 Å². The summed E-state index contributed by atoms with van der Waals surface area (Å²) in [7, 11) is 0. The third-order valence-corrected chi connectivity index (χ3v) is 4.97. The maximum absolute atomic E-state index is 11.2. The zero-order chi connectivity index (χ0) is 17.3. The monoisotopic (exact) mass is 328 g/mol. The van der Waals surface area contributed by atoms with Gasteiger partial charge in [-0.1, -0.05) is 18.2 Å². The zero-order valence-corrected chi connectivity index (χ0v) is 14.2. The first-order valence-electron chi connectivity index (χ1n) is 8.32. The number of hydrogen-bond donors (Lipinski definition) is 3. The first-order chi connectivity index (χ1) is 11.5. The average Bonchev–Trinajstić information content (AvgIpc) is 3.11. The van der Waals surface area contributed by atoms with E-state index in [2.05, 4.69) is 47.2 Å². The Labute approximate surface area is 141 Å². The fraction of sp³-hybridized carbons (Fsp3) is 0.444. The smallest absolute Gasteiger partial charge is 0.309 e. The Morgan fingerprint density at radius 2 is 2.17 bits per heavy atom. The summed E-state index contributed by atoms with van der Waals surface area (Å²) in [5, 5.41) is 3.89. The molecule has 1 aromatic carbocycles. The molecule has 6 nitrogen and oxygen atoms in total. The molecule has 1 aliphatic heterocycles. The highest BCUT2D eigenvalue weighted by molar-refractivity contribution is 6.34. The summed E-state index contributed by atoms with van der Waals surface area (Å²) in [5.41, 5.74) is 9.99. The first kappa shape index (κ1) is 16.5. The number of nitrogens with one attached hydrogen (secondary N) is 2. The lowest BCUT2D eigenvalue weighted by atomic mass is 10.1. The van der Waals surface area contributed by atoms with E-state index in [0.717, 1.165) is 26.1 Å². The average molecular weight is 328 g/mol. The lowest BCUT2D eigenvalue weighted by Crippen LogP contribution is -2.39. The second kappa shape index (κ2) is 6.65. The molecule has 1 aromatic heterocycles. The Balaban J connectivity index is 1.63. The predicted octanol–water partition coefficient (Wildman–Crippen LogP) is 1.21. The van der Waals surface area contributed by atoms with Crippen molar-refractivity contribution in [3.05, 3.63) is 35.0 Å². The predicted molar refractivity (Wildman–Crippen MR) is 93.4 cm³/mol. The molecule has 1 saturated heterocycles. The number of benzene rings is 1. The van der Waals surface area contributed by atoms with E-state index in [-0.39, 0.29) is 0 Å². The van der Waals surface area contributed by atoms with Crippen LogP contribution in [0.15, 0.2) is 18.2 Å². The summed E-state index contributed by atoms with van der Waals surface area (Å²) in [6.45, 7) is 7.54. The Morgan fingerprint density at radius 3 is 2.92 bits per heavy atom. The molecule has 1 unspecified atom stereocenters. The summed E-state index contributed by atoms with van der Waals surface area (Å²) >= 11 is 0. The molecule has 1 fully saturated rings. The van der Waals surface area contributed by atoms with Gasteiger partial charge in [-0.15, -0.1) is 0 Å². The van der Waals surface area contributed by atoms with Crippen molar-refractivity contribution in [3.8, 4) is 0 Å². The summed E-state index contributed by atoms with van der Waals surface area (Å²) in [6, 6.07) is 6.43. The molecule has 1 aliphatic rings. The molecule has 24 heavy (non-hydrogen) atoms.